The van der Waals surface area contributed by atoms with E-state index in [1.165, 1.54) is 11.3 Å². The molecule has 3 rings (SSSR count). The Morgan fingerprint density at radius 1 is 1.21 bits per heavy atom. The van der Waals surface area contributed by atoms with Crippen LogP contribution in [0.2, 0.25) is 0 Å². The molecule has 7 heteroatoms. The second-order valence-corrected chi connectivity index (χ2v) is 6.02. The molecule has 0 amide bonds. The molecule has 0 aliphatic rings. The maximum atomic E-state index is 13.5. The Morgan fingerprint density at radius 3 is 2.84 bits per heavy atom. The van der Waals surface area contributed by atoms with E-state index in [-0.39, 0.29) is 5.03 Å². The zero-order valence-electron chi connectivity index (χ0n) is 9.43. The maximum Gasteiger partial charge on any atom is 0.158 e. The van der Waals surface area contributed by atoms with Gasteiger partial charge in [0.1, 0.15) is 10.8 Å². The fourth-order valence-electron chi connectivity index (χ4n) is 1.52. The fourth-order valence-corrected chi connectivity index (χ4v) is 3.51. The minimum atomic E-state index is -0.695. The van der Waals surface area contributed by atoms with Crippen LogP contribution in [0.1, 0.15) is 0 Å². The average molecular weight is 295 g/mol. The van der Waals surface area contributed by atoms with Crippen LogP contribution in [0.3, 0.4) is 0 Å². The van der Waals surface area contributed by atoms with Gasteiger partial charge in [-0.2, -0.15) is 0 Å². The summed E-state index contributed by atoms with van der Waals surface area (Å²) in [7, 11) is 0. The summed E-state index contributed by atoms with van der Waals surface area (Å²) in [5.41, 5.74) is 7.13. The van der Waals surface area contributed by atoms with Gasteiger partial charge >= 0.3 is 0 Å². The van der Waals surface area contributed by atoms with Crippen molar-refractivity contribution in [2.45, 2.75) is 9.37 Å². The molecular weight excluding hydrogens is 288 g/mol. The lowest BCUT2D eigenvalue weighted by Crippen LogP contribution is -1.88. The minimum absolute atomic E-state index is 0.105. The molecule has 2 N–H and O–H groups in total. The molecule has 0 radical (unpaired) electrons. The standard InChI is InChI=1S/C12H7F2N3S2/c13-6-3-8(14)11(16-5-6)19-12-17-9-2-1-7(15)4-10(9)18-12/h1-5H,15H2. The molecule has 1 aromatic carbocycles. The van der Waals surface area contributed by atoms with Crippen molar-refractivity contribution >= 4 is 39.0 Å². The molecule has 3 nitrogen and oxygen atoms in total. The number of nitrogen functional groups attached to an aromatic ring is 1. The Kier molecular flexibility index (Phi) is 3.08. The van der Waals surface area contributed by atoms with Gasteiger partial charge in [0.2, 0.25) is 0 Å². The molecule has 0 atom stereocenters. The monoisotopic (exact) mass is 295 g/mol. The molecule has 0 aliphatic carbocycles. The first-order chi connectivity index (χ1) is 9.11. The predicted octanol–water partition coefficient (Wildman–Crippen LogP) is 3.70. The number of nitrogens with two attached hydrogens (primary N) is 1. The van der Waals surface area contributed by atoms with E-state index in [2.05, 4.69) is 9.97 Å². The lowest BCUT2D eigenvalue weighted by Gasteiger charge is -1.98. The van der Waals surface area contributed by atoms with Crippen LogP contribution in [0, 0.1) is 11.6 Å². The molecule has 2 aromatic heterocycles. The van der Waals surface area contributed by atoms with E-state index in [0.717, 1.165) is 34.2 Å². The third-order valence-electron chi connectivity index (χ3n) is 2.35. The Balaban J connectivity index is 1.96. The highest BCUT2D eigenvalue weighted by Gasteiger charge is 2.11. The average Bonchev–Trinajstić information content (AvgIpc) is 2.74. The zero-order chi connectivity index (χ0) is 13.4. The number of thiazole rings is 1. The molecule has 0 aliphatic heterocycles. The number of halogens is 2. The summed E-state index contributed by atoms with van der Waals surface area (Å²) in [6.07, 6.45) is 0.983. The third-order valence-corrected chi connectivity index (χ3v) is 4.42. The van der Waals surface area contributed by atoms with E-state index in [9.17, 15) is 8.78 Å². The number of hydrogen-bond acceptors (Lipinski definition) is 5. The van der Waals surface area contributed by atoms with Crippen molar-refractivity contribution < 1.29 is 8.78 Å². The van der Waals surface area contributed by atoms with Gasteiger partial charge in [-0.15, -0.1) is 11.3 Å². The molecule has 2 heterocycles. The highest BCUT2D eigenvalue weighted by atomic mass is 32.2. The van der Waals surface area contributed by atoms with Crippen LogP contribution >= 0.6 is 23.1 Å². The van der Waals surface area contributed by atoms with E-state index < -0.39 is 11.6 Å². The van der Waals surface area contributed by atoms with Gasteiger partial charge in [-0.3, -0.25) is 0 Å². The van der Waals surface area contributed by atoms with Gasteiger partial charge < -0.3 is 5.73 Å². The third kappa shape index (κ3) is 2.52. The van der Waals surface area contributed by atoms with Crippen LogP contribution < -0.4 is 5.73 Å². The van der Waals surface area contributed by atoms with Crippen LogP contribution in [-0.4, -0.2) is 9.97 Å². The Morgan fingerprint density at radius 2 is 2.05 bits per heavy atom. The van der Waals surface area contributed by atoms with E-state index >= 15 is 0 Å². The molecule has 0 saturated carbocycles. The second-order valence-electron chi connectivity index (χ2n) is 3.75. The number of pyridine rings is 1. The lowest BCUT2D eigenvalue weighted by molar-refractivity contribution is 0.548. The summed E-state index contributed by atoms with van der Waals surface area (Å²) in [4.78, 5) is 8.05. The van der Waals surface area contributed by atoms with Crippen molar-refractivity contribution in [2.75, 3.05) is 5.73 Å². The number of hydrogen-bond donors (Lipinski definition) is 1. The molecule has 96 valence electrons. The van der Waals surface area contributed by atoms with E-state index in [1.54, 1.807) is 12.1 Å². The fraction of sp³-hybridized carbons (Fsp3) is 0. The molecular formula is C12H7F2N3S2. The van der Waals surface area contributed by atoms with Gasteiger partial charge in [0.25, 0.3) is 0 Å². The molecule has 0 fully saturated rings. The molecule has 0 saturated heterocycles. The smallest absolute Gasteiger partial charge is 0.158 e. The largest absolute Gasteiger partial charge is 0.399 e. The van der Waals surface area contributed by atoms with Crippen molar-refractivity contribution in [2.24, 2.45) is 0 Å². The summed E-state index contributed by atoms with van der Waals surface area (Å²) in [6.45, 7) is 0. The van der Waals surface area contributed by atoms with Gasteiger partial charge in [0.15, 0.2) is 10.2 Å². The van der Waals surface area contributed by atoms with Crippen molar-refractivity contribution in [3.05, 3.63) is 42.1 Å². The molecule has 0 spiro atoms. The van der Waals surface area contributed by atoms with Crippen LogP contribution in [0.5, 0.6) is 0 Å². The van der Waals surface area contributed by atoms with E-state index in [1.807, 2.05) is 6.07 Å². The first-order valence-corrected chi connectivity index (χ1v) is 6.90. The first-order valence-electron chi connectivity index (χ1n) is 5.27. The van der Waals surface area contributed by atoms with Crippen molar-refractivity contribution in [1.29, 1.82) is 0 Å². The number of anilines is 1. The summed E-state index contributed by atoms with van der Waals surface area (Å²) < 4.78 is 27.8. The number of rotatable bonds is 2. The first kappa shape index (κ1) is 12.3. The highest BCUT2D eigenvalue weighted by Crippen LogP contribution is 2.35. The number of benzene rings is 1. The summed E-state index contributed by atoms with van der Waals surface area (Å²) in [6, 6.07) is 6.18. The predicted molar refractivity (Wildman–Crippen MR) is 72.3 cm³/mol. The van der Waals surface area contributed by atoms with Gasteiger partial charge in [-0.25, -0.2) is 18.7 Å². The normalized spacial score (nSPS) is 11.1. The minimum Gasteiger partial charge on any atom is -0.399 e. The summed E-state index contributed by atoms with van der Waals surface area (Å²) in [5.74, 6) is -1.39. The van der Waals surface area contributed by atoms with Gasteiger partial charge in [-0.1, -0.05) is 0 Å². The highest BCUT2D eigenvalue weighted by molar-refractivity contribution is 8.01. The van der Waals surface area contributed by atoms with Gasteiger partial charge in [-0.05, 0) is 30.0 Å². The van der Waals surface area contributed by atoms with Crippen LogP contribution in [-0.2, 0) is 0 Å². The van der Waals surface area contributed by atoms with Crippen LogP contribution in [0.4, 0.5) is 14.5 Å². The van der Waals surface area contributed by atoms with Crippen LogP contribution in [0.25, 0.3) is 10.2 Å². The number of fused-ring (bicyclic) bond motifs is 1. The maximum absolute atomic E-state index is 13.5. The molecule has 0 unspecified atom stereocenters. The quantitative estimate of drug-likeness (QED) is 0.732. The van der Waals surface area contributed by atoms with Crippen molar-refractivity contribution in [3.63, 3.8) is 0 Å². The van der Waals surface area contributed by atoms with E-state index in [4.69, 9.17) is 5.73 Å². The number of nitrogens with zero attached hydrogens (tertiary/aromatic N) is 2. The molecule has 3 aromatic rings. The molecule has 19 heavy (non-hydrogen) atoms. The summed E-state index contributed by atoms with van der Waals surface area (Å²) >= 11 is 2.46. The SMILES string of the molecule is Nc1ccc2nc(Sc3ncc(F)cc3F)sc2c1. The Bertz CT molecular complexity index is 758. The van der Waals surface area contributed by atoms with Gasteiger partial charge in [0, 0.05) is 11.8 Å². The van der Waals surface area contributed by atoms with E-state index in [0.29, 0.717) is 10.0 Å². The topological polar surface area (TPSA) is 51.8 Å². The zero-order valence-corrected chi connectivity index (χ0v) is 11.1. The van der Waals surface area contributed by atoms with Crippen molar-refractivity contribution in [3.8, 4) is 0 Å². The number of aromatic nitrogens is 2. The summed E-state index contributed by atoms with van der Waals surface area (Å²) in [5, 5.41) is 0.105. The lowest BCUT2D eigenvalue weighted by atomic mass is 10.3. The van der Waals surface area contributed by atoms with Crippen LogP contribution in [0.15, 0.2) is 39.8 Å². The Labute approximate surface area is 115 Å². The second kappa shape index (κ2) is 4.75. The van der Waals surface area contributed by atoms with Crippen molar-refractivity contribution in [1.82, 2.24) is 9.97 Å². The van der Waals surface area contributed by atoms with Gasteiger partial charge in [0.05, 0.1) is 16.4 Å². The Hall–Kier alpha value is -1.73. The molecule has 0 bridgehead atoms.